The molecule has 0 fully saturated rings. The smallest absolute Gasteiger partial charge is 0.356 e. The van der Waals surface area contributed by atoms with Gasteiger partial charge in [-0.15, -0.1) is 0 Å². The van der Waals surface area contributed by atoms with E-state index in [1.807, 2.05) is 0 Å². The maximum Gasteiger partial charge on any atom is 0.356 e. The number of rotatable bonds is 7. The van der Waals surface area contributed by atoms with Gasteiger partial charge >= 0.3 is 18.0 Å². The Balaban J connectivity index is 2.31. The van der Waals surface area contributed by atoms with Gasteiger partial charge in [0.15, 0.2) is 0 Å². The minimum absolute atomic E-state index is 0.0277. The zero-order chi connectivity index (χ0) is 23.1. The second-order valence-corrected chi connectivity index (χ2v) is 7.12. The van der Waals surface area contributed by atoms with E-state index in [9.17, 15) is 19.2 Å². The summed E-state index contributed by atoms with van der Waals surface area (Å²) in [5.41, 5.74) is 1.45. The molecule has 0 saturated carbocycles. The highest BCUT2D eigenvalue weighted by molar-refractivity contribution is 6.01. The van der Waals surface area contributed by atoms with Crippen molar-refractivity contribution in [3.63, 3.8) is 0 Å². The normalized spacial score (nSPS) is 11.5. The molecule has 3 N–H and O–H groups in total. The molecule has 9 heteroatoms. The number of aryl methyl sites for hydroxylation is 1. The number of ether oxygens (including phenoxy) is 2. The Morgan fingerprint density at radius 3 is 2.23 bits per heavy atom. The van der Waals surface area contributed by atoms with Crippen LogP contribution in [0.4, 0.5) is 4.79 Å². The summed E-state index contributed by atoms with van der Waals surface area (Å²) in [4.78, 5) is 52.5. The summed E-state index contributed by atoms with van der Waals surface area (Å²) in [7, 11) is 0. The van der Waals surface area contributed by atoms with Crippen LogP contribution in [0.15, 0.2) is 30.3 Å². The first-order valence-electron chi connectivity index (χ1n) is 9.90. The zero-order valence-corrected chi connectivity index (χ0v) is 18.2. The van der Waals surface area contributed by atoms with Gasteiger partial charge in [0, 0.05) is 17.8 Å². The Hall–Kier alpha value is -3.62. The molecule has 0 spiro atoms. The van der Waals surface area contributed by atoms with Gasteiger partial charge in [-0.25, -0.2) is 14.4 Å². The molecule has 9 nitrogen and oxygen atoms in total. The number of urea groups is 1. The number of amides is 3. The van der Waals surface area contributed by atoms with Crippen molar-refractivity contribution in [1.82, 2.24) is 15.6 Å². The summed E-state index contributed by atoms with van der Waals surface area (Å²) in [5, 5.41) is 4.60. The predicted molar refractivity (Wildman–Crippen MR) is 113 cm³/mol. The SMILES string of the molecule is CCNC(=O)NC(=O)C(OC(=O)c1[nH]c(C)c(C(=O)OC(C)C)c1C)c1ccccc1. The lowest BCUT2D eigenvalue weighted by molar-refractivity contribution is -0.129. The lowest BCUT2D eigenvalue weighted by Crippen LogP contribution is -2.42. The topological polar surface area (TPSA) is 127 Å². The fourth-order valence-corrected chi connectivity index (χ4v) is 2.98. The van der Waals surface area contributed by atoms with E-state index in [4.69, 9.17) is 9.47 Å². The molecule has 2 aromatic rings. The van der Waals surface area contributed by atoms with E-state index in [1.54, 1.807) is 65.0 Å². The molecule has 0 aliphatic rings. The maximum atomic E-state index is 12.9. The van der Waals surface area contributed by atoms with Crippen LogP contribution in [0.2, 0.25) is 0 Å². The summed E-state index contributed by atoms with van der Waals surface area (Å²) in [5.74, 6) is -2.20. The Morgan fingerprint density at radius 2 is 1.65 bits per heavy atom. The first kappa shape index (κ1) is 23.7. The number of hydrogen-bond donors (Lipinski definition) is 3. The first-order valence-corrected chi connectivity index (χ1v) is 9.90. The standard InChI is InChI=1S/C22H27N3O6/c1-6-23-22(29)25-19(26)18(15-10-8-7-9-11-15)31-21(28)17-13(4)16(14(5)24-17)20(27)30-12(2)3/h7-12,18,24H,6H2,1-5H3,(H2,23,25,26,29). The van der Waals surface area contributed by atoms with Crippen LogP contribution in [0.3, 0.4) is 0 Å². The Kier molecular flexibility index (Phi) is 7.95. The van der Waals surface area contributed by atoms with E-state index in [-0.39, 0.29) is 17.4 Å². The van der Waals surface area contributed by atoms with E-state index in [0.29, 0.717) is 23.4 Å². The van der Waals surface area contributed by atoms with Gasteiger partial charge in [-0.1, -0.05) is 30.3 Å². The van der Waals surface area contributed by atoms with Crippen molar-refractivity contribution in [1.29, 1.82) is 0 Å². The van der Waals surface area contributed by atoms with Crippen LogP contribution in [0.25, 0.3) is 0 Å². The van der Waals surface area contributed by atoms with Crippen molar-refractivity contribution in [3.8, 4) is 0 Å². The number of aromatic amines is 1. The van der Waals surface area contributed by atoms with E-state index < -0.39 is 30.0 Å². The molecule has 166 valence electrons. The number of hydrogen-bond acceptors (Lipinski definition) is 6. The van der Waals surface area contributed by atoms with Gasteiger partial charge in [-0.2, -0.15) is 0 Å². The molecule has 1 aromatic carbocycles. The van der Waals surface area contributed by atoms with Crippen LogP contribution in [0, 0.1) is 13.8 Å². The van der Waals surface area contributed by atoms with Crippen molar-refractivity contribution in [2.24, 2.45) is 0 Å². The largest absolute Gasteiger partial charge is 0.459 e. The second-order valence-electron chi connectivity index (χ2n) is 7.12. The van der Waals surface area contributed by atoms with Gasteiger partial charge in [-0.3, -0.25) is 10.1 Å². The van der Waals surface area contributed by atoms with Crippen molar-refractivity contribution in [3.05, 3.63) is 58.4 Å². The van der Waals surface area contributed by atoms with E-state index in [0.717, 1.165) is 0 Å². The van der Waals surface area contributed by atoms with Crippen molar-refractivity contribution >= 4 is 23.9 Å². The Bertz CT molecular complexity index is 965. The third-order valence-electron chi connectivity index (χ3n) is 4.33. The van der Waals surface area contributed by atoms with Crippen molar-refractivity contribution < 1.29 is 28.7 Å². The number of aromatic nitrogens is 1. The number of nitrogens with one attached hydrogen (secondary N) is 3. The highest BCUT2D eigenvalue weighted by Crippen LogP contribution is 2.24. The highest BCUT2D eigenvalue weighted by atomic mass is 16.6. The lowest BCUT2D eigenvalue weighted by Gasteiger charge is -2.17. The molecule has 1 atom stereocenters. The molecule has 3 amide bonds. The average molecular weight is 429 g/mol. The molecule has 0 saturated heterocycles. The fraction of sp³-hybridized carbons (Fsp3) is 0.364. The average Bonchev–Trinajstić information content (AvgIpc) is 3.00. The molecule has 0 radical (unpaired) electrons. The zero-order valence-electron chi connectivity index (χ0n) is 18.2. The molecule has 0 aliphatic carbocycles. The fourth-order valence-electron chi connectivity index (χ4n) is 2.98. The summed E-state index contributed by atoms with van der Waals surface area (Å²) >= 11 is 0. The monoisotopic (exact) mass is 429 g/mol. The molecule has 1 aromatic heterocycles. The summed E-state index contributed by atoms with van der Waals surface area (Å²) in [6.07, 6.45) is -1.69. The van der Waals surface area contributed by atoms with Crippen molar-refractivity contribution in [2.45, 2.75) is 46.8 Å². The Labute approximate surface area is 180 Å². The lowest BCUT2D eigenvalue weighted by atomic mass is 10.1. The second kappa shape index (κ2) is 10.4. The van der Waals surface area contributed by atoms with E-state index >= 15 is 0 Å². The van der Waals surface area contributed by atoms with Crippen molar-refractivity contribution in [2.75, 3.05) is 6.54 Å². The number of esters is 2. The third kappa shape index (κ3) is 5.94. The molecule has 2 rings (SSSR count). The highest BCUT2D eigenvalue weighted by Gasteiger charge is 2.30. The number of imide groups is 1. The molecule has 0 aliphatic heterocycles. The number of H-pyrrole nitrogens is 1. The van der Waals surface area contributed by atoms with Crippen LogP contribution in [-0.2, 0) is 14.3 Å². The molecule has 1 heterocycles. The van der Waals surface area contributed by atoms with Gasteiger partial charge in [0.1, 0.15) is 5.69 Å². The summed E-state index contributed by atoms with van der Waals surface area (Å²) in [6.45, 7) is 8.70. The van der Waals surface area contributed by atoms with E-state index in [1.165, 1.54) is 0 Å². The summed E-state index contributed by atoms with van der Waals surface area (Å²) in [6, 6.07) is 7.62. The van der Waals surface area contributed by atoms with E-state index in [2.05, 4.69) is 15.6 Å². The van der Waals surface area contributed by atoms with Gasteiger partial charge in [0.2, 0.25) is 6.10 Å². The molecule has 1 unspecified atom stereocenters. The van der Waals surface area contributed by atoms with Gasteiger partial charge in [-0.05, 0) is 40.2 Å². The summed E-state index contributed by atoms with van der Waals surface area (Å²) < 4.78 is 10.7. The Morgan fingerprint density at radius 1 is 1.00 bits per heavy atom. The first-order chi connectivity index (χ1) is 14.6. The van der Waals surface area contributed by atoms with Crippen LogP contribution in [0.5, 0.6) is 0 Å². The minimum atomic E-state index is -1.37. The number of benzene rings is 1. The molecule has 31 heavy (non-hydrogen) atoms. The molecular formula is C22H27N3O6. The molecule has 0 bridgehead atoms. The quantitative estimate of drug-likeness (QED) is 0.581. The van der Waals surface area contributed by atoms with Crippen LogP contribution in [-0.4, -0.2) is 41.5 Å². The number of carbonyl (C=O) groups excluding carboxylic acids is 4. The maximum absolute atomic E-state index is 12.9. The van der Waals surface area contributed by atoms with Crippen LogP contribution in [0.1, 0.15) is 64.5 Å². The molecular weight excluding hydrogens is 402 g/mol. The van der Waals surface area contributed by atoms with Gasteiger partial charge in [0.05, 0.1) is 11.7 Å². The van der Waals surface area contributed by atoms with Crippen LogP contribution >= 0.6 is 0 Å². The van der Waals surface area contributed by atoms with Gasteiger partial charge in [0.25, 0.3) is 5.91 Å². The number of carbonyl (C=O) groups is 4. The van der Waals surface area contributed by atoms with Crippen LogP contribution < -0.4 is 10.6 Å². The van der Waals surface area contributed by atoms with Gasteiger partial charge < -0.3 is 19.8 Å². The third-order valence-corrected chi connectivity index (χ3v) is 4.33. The predicted octanol–water partition coefficient (Wildman–Crippen LogP) is 2.94. The minimum Gasteiger partial charge on any atom is -0.459 e.